The van der Waals surface area contributed by atoms with Crippen LogP contribution < -0.4 is 0 Å². The Morgan fingerprint density at radius 3 is 2.95 bits per heavy atom. The Hall–Kier alpha value is -1.16. The molecule has 0 aromatic heterocycles. The van der Waals surface area contributed by atoms with Gasteiger partial charge in [0.25, 0.3) is 0 Å². The zero-order valence-electron chi connectivity index (χ0n) is 11.8. The first-order valence-corrected chi connectivity index (χ1v) is 7.45. The fourth-order valence-corrected chi connectivity index (χ4v) is 3.06. The SMILES string of the molecule is CCN(C(=O)CN1CCCCC1C=O)C1=CCCC1. The normalized spacial score (nSPS) is 24.1. The molecule has 4 heteroatoms. The lowest BCUT2D eigenvalue weighted by molar-refractivity contribution is -0.132. The van der Waals surface area contributed by atoms with Crippen molar-refractivity contribution in [2.75, 3.05) is 19.6 Å². The second-order valence-corrected chi connectivity index (χ2v) is 5.40. The van der Waals surface area contributed by atoms with E-state index in [1.54, 1.807) is 0 Å². The smallest absolute Gasteiger partial charge is 0.240 e. The van der Waals surface area contributed by atoms with Gasteiger partial charge in [-0.15, -0.1) is 0 Å². The Kier molecular flexibility index (Phi) is 5.14. The van der Waals surface area contributed by atoms with E-state index in [4.69, 9.17) is 0 Å². The number of hydrogen-bond acceptors (Lipinski definition) is 3. The van der Waals surface area contributed by atoms with E-state index in [2.05, 4.69) is 6.08 Å². The van der Waals surface area contributed by atoms with Crippen LogP contribution in [0.4, 0.5) is 0 Å². The molecule has 0 bridgehead atoms. The van der Waals surface area contributed by atoms with Crippen LogP contribution in [-0.4, -0.2) is 47.7 Å². The standard InChI is InChI=1S/C15H24N2O2/c1-2-17(13-7-3-4-8-13)15(19)11-16-10-6-5-9-14(16)12-18/h7,12,14H,2-6,8-11H2,1H3. The number of likely N-dealkylation sites (tertiary alicyclic amines) is 1. The van der Waals surface area contributed by atoms with Crippen LogP contribution in [0, 0.1) is 0 Å². The van der Waals surface area contributed by atoms with Crippen LogP contribution in [-0.2, 0) is 9.59 Å². The first-order valence-electron chi connectivity index (χ1n) is 7.45. The summed E-state index contributed by atoms with van der Waals surface area (Å²) in [5.74, 6) is 0.143. The van der Waals surface area contributed by atoms with Crippen molar-refractivity contribution in [3.05, 3.63) is 11.8 Å². The molecule has 1 heterocycles. The topological polar surface area (TPSA) is 40.6 Å². The molecule has 19 heavy (non-hydrogen) atoms. The van der Waals surface area contributed by atoms with E-state index in [9.17, 15) is 9.59 Å². The molecule has 1 atom stereocenters. The van der Waals surface area contributed by atoms with Crippen LogP contribution in [0.1, 0.15) is 45.4 Å². The average Bonchev–Trinajstić information content (AvgIpc) is 2.94. The van der Waals surface area contributed by atoms with Crippen molar-refractivity contribution in [2.24, 2.45) is 0 Å². The van der Waals surface area contributed by atoms with Gasteiger partial charge in [0.15, 0.2) is 0 Å². The minimum atomic E-state index is -0.0611. The minimum Gasteiger partial charge on any atom is -0.316 e. The number of rotatable bonds is 5. The molecule has 1 saturated heterocycles. The number of carbonyl (C=O) groups excluding carboxylic acids is 2. The molecule has 0 saturated carbocycles. The third-order valence-corrected chi connectivity index (χ3v) is 4.14. The molecule has 4 nitrogen and oxygen atoms in total. The Bertz CT molecular complexity index is 365. The van der Waals surface area contributed by atoms with E-state index in [-0.39, 0.29) is 11.9 Å². The quantitative estimate of drug-likeness (QED) is 0.713. The molecule has 2 rings (SSSR count). The van der Waals surface area contributed by atoms with E-state index in [0.717, 1.165) is 57.9 Å². The zero-order valence-corrected chi connectivity index (χ0v) is 11.8. The predicted molar refractivity (Wildman–Crippen MR) is 74.6 cm³/mol. The average molecular weight is 264 g/mol. The van der Waals surface area contributed by atoms with E-state index in [0.29, 0.717) is 6.54 Å². The number of hydrogen-bond donors (Lipinski definition) is 0. The Morgan fingerprint density at radius 2 is 2.32 bits per heavy atom. The Morgan fingerprint density at radius 1 is 1.47 bits per heavy atom. The molecule has 1 amide bonds. The Labute approximate surface area is 115 Å². The van der Waals surface area contributed by atoms with Gasteiger partial charge in [-0.1, -0.05) is 12.5 Å². The number of piperidine rings is 1. The van der Waals surface area contributed by atoms with E-state index in [1.165, 1.54) is 5.70 Å². The largest absolute Gasteiger partial charge is 0.316 e. The Balaban J connectivity index is 1.96. The second kappa shape index (κ2) is 6.85. The molecular formula is C15H24N2O2. The summed E-state index contributed by atoms with van der Waals surface area (Å²) in [6, 6.07) is -0.0611. The first kappa shape index (κ1) is 14.3. The van der Waals surface area contributed by atoms with E-state index >= 15 is 0 Å². The summed E-state index contributed by atoms with van der Waals surface area (Å²) < 4.78 is 0. The van der Waals surface area contributed by atoms with Crippen molar-refractivity contribution < 1.29 is 9.59 Å². The highest BCUT2D eigenvalue weighted by atomic mass is 16.2. The van der Waals surface area contributed by atoms with Crippen molar-refractivity contribution in [3.8, 4) is 0 Å². The summed E-state index contributed by atoms with van der Waals surface area (Å²) in [5, 5.41) is 0. The lowest BCUT2D eigenvalue weighted by Crippen LogP contribution is -2.47. The van der Waals surface area contributed by atoms with Crippen LogP contribution in [0.3, 0.4) is 0 Å². The monoisotopic (exact) mass is 264 g/mol. The van der Waals surface area contributed by atoms with Gasteiger partial charge in [0.05, 0.1) is 12.6 Å². The van der Waals surface area contributed by atoms with Crippen LogP contribution in [0.25, 0.3) is 0 Å². The van der Waals surface area contributed by atoms with Crippen molar-refractivity contribution in [1.29, 1.82) is 0 Å². The van der Waals surface area contributed by atoms with Crippen LogP contribution in [0.5, 0.6) is 0 Å². The summed E-state index contributed by atoms with van der Waals surface area (Å²) >= 11 is 0. The van der Waals surface area contributed by atoms with Crippen LogP contribution >= 0.6 is 0 Å². The molecule has 1 fully saturated rings. The molecule has 1 unspecified atom stereocenters. The fraction of sp³-hybridized carbons (Fsp3) is 0.733. The molecule has 1 aliphatic heterocycles. The van der Waals surface area contributed by atoms with Gasteiger partial charge in [-0.3, -0.25) is 9.69 Å². The number of likely N-dealkylation sites (N-methyl/N-ethyl adjacent to an activating group) is 1. The van der Waals surface area contributed by atoms with Gasteiger partial charge < -0.3 is 9.69 Å². The highest BCUT2D eigenvalue weighted by Crippen LogP contribution is 2.22. The number of allylic oxidation sites excluding steroid dienone is 2. The summed E-state index contributed by atoms with van der Waals surface area (Å²) in [4.78, 5) is 27.4. The summed E-state index contributed by atoms with van der Waals surface area (Å²) in [5.41, 5.74) is 1.17. The second-order valence-electron chi connectivity index (χ2n) is 5.40. The highest BCUT2D eigenvalue weighted by Gasteiger charge is 2.26. The summed E-state index contributed by atoms with van der Waals surface area (Å²) in [6.07, 6.45) is 9.50. The lowest BCUT2D eigenvalue weighted by atomic mass is 10.0. The van der Waals surface area contributed by atoms with Gasteiger partial charge in [-0.05, 0) is 45.6 Å². The third-order valence-electron chi connectivity index (χ3n) is 4.14. The van der Waals surface area contributed by atoms with Crippen molar-refractivity contribution >= 4 is 12.2 Å². The van der Waals surface area contributed by atoms with Gasteiger partial charge >= 0.3 is 0 Å². The van der Waals surface area contributed by atoms with Crippen molar-refractivity contribution in [2.45, 2.75) is 51.5 Å². The molecular weight excluding hydrogens is 240 g/mol. The van der Waals surface area contributed by atoms with Gasteiger partial charge in [0.1, 0.15) is 6.29 Å². The van der Waals surface area contributed by atoms with Gasteiger partial charge in [0.2, 0.25) is 5.91 Å². The zero-order chi connectivity index (χ0) is 13.7. The fourth-order valence-electron chi connectivity index (χ4n) is 3.06. The molecule has 1 aliphatic carbocycles. The number of carbonyl (C=O) groups is 2. The van der Waals surface area contributed by atoms with E-state index in [1.807, 2.05) is 16.7 Å². The minimum absolute atomic E-state index is 0.0611. The van der Waals surface area contributed by atoms with Gasteiger partial charge in [-0.25, -0.2) is 0 Å². The molecule has 0 spiro atoms. The van der Waals surface area contributed by atoms with Crippen LogP contribution in [0.2, 0.25) is 0 Å². The third kappa shape index (κ3) is 3.44. The maximum absolute atomic E-state index is 12.4. The van der Waals surface area contributed by atoms with Gasteiger partial charge in [-0.2, -0.15) is 0 Å². The lowest BCUT2D eigenvalue weighted by Gasteiger charge is -2.33. The van der Waals surface area contributed by atoms with Crippen molar-refractivity contribution in [3.63, 3.8) is 0 Å². The summed E-state index contributed by atoms with van der Waals surface area (Å²) in [7, 11) is 0. The van der Waals surface area contributed by atoms with Crippen molar-refractivity contribution in [1.82, 2.24) is 9.80 Å². The van der Waals surface area contributed by atoms with Crippen LogP contribution in [0.15, 0.2) is 11.8 Å². The molecule has 106 valence electrons. The first-order chi connectivity index (χ1) is 9.26. The number of aldehydes is 1. The molecule has 0 radical (unpaired) electrons. The molecule has 0 aromatic carbocycles. The maximum atomic E-state index is 12.4. The number of amides is 1. The predicted octanol–water partition coefficient (Wildman–Crippen LogP) is 1.96. The summed E-state index contributed by atoms with van der Waals surface area (Å²) in [6.45, 7) is 4.00. The highest BCUT2D eigenvalue weighted by molar-refractivity contribution is 5.80. The van der Waals surface area contributed by atoms with Gasteiger partial charge in [0, 0.05) is 12.2 Å². The van der Waals surface area contributed by atoms with E-state index < -0.39 is 0 Å². The maximum Gasteiger partial charge on any atom is 0.240 e. The number of nitrogens with zero attached hydrogens (tertiary/aromatic N) is 2. The molecule has 0 N–H and O–H groups in total. The molecule has 0 aromatic rings. The molecule has 2 aliphatic rings.